The molecule has 0 aliphatic heterocycles. The first kappa shape index (κ1) is 17.9. The van der Waals surface area contributed by atoms with Crippen LogP contribution in [0.1, 0.15) is 21.2 Å². The number of carbonyl (C=O) groups excluding carboxylic acids is 1. The zero-order valence-corrected chi connectivity index (χ0v) is 15.6. The standard InChI is InChI=1S/C18H16ClNO3S2/c19-13-3-6-16(7-4-13)25(22)12-14-5-8-17(23-14)18(21)20-10-9-15-2-1-11-24-15/h1-8,11H,9-10,12H2,(H,20,21). The second kappa shape index (κ2) is 8.47. The van der Waals surface area contributed by atoms with Gasteiger partial charge < -0.3 is 9.73 Å². The molecule has 7 heteroatoms. The second-order valence-corrected chi connectivity index (χ2v) is 8.21. The normalized spacial score (nSPS) is 12.0. The molecule has 0 radical (unpaired) electrons. The number of halogens is 1. The summed E-state index contributed by atoms with van der Waals surface area (Å²) >= 11 is 7.49. The molecule has 0 spiro atoms. The van der Waals surface area contributed by atoms with Gasteiger partial charge in [-0.2, -0.15) is 0 Å². The molecule has 0 fully saturated rings. The number of rotatable bonds is 7. The van der Waals surface area contributed by atoms with Gasteiger partial charge in [0, 0.05) is 21.3 Å². The summed E-state index contributed by atoms with van der Waals surface area (Å²) in [5.41, 5.74) is 0. The molecule has 0 aliphatic carbocycles. The van der Waals surface area contributed by atoms with E-state index in [2.05, 4.69) is 5.32 Å². The maximum Gasteiger partial charge on any atom is 0.287 e. The van der Waals surface area contributed by atoms with Crippen LogP contribution in [0.3, 0.4) is 0 Å². The van der Waals surface area contributed by atoms with Crippen LogP contribution in [-0.2, 0) is 23.0 Å². The van der Waals surface area contributed by atoms with Gasteiger partial charge >= 0.3 is 0 Å². The number of amides is 1. The lowest BCUT2D eigenvalue weighted by Gasteiger charge is -2.02. The van der Waals surface area contributed by atoms with Crippen molar-refractivity contribution in [3.05, 3.63) is 75.3 Å². The molecule has 4 nitrogen and oxygen atoms in total. The average Bonchev–Trinajstić information content (AvgIpc) is 3.27. The van der Waals surface area contributed by atoms with Gasteiger partial charge in [0.1, 0.15) is 5.76 Å². The summed E-state index contributed by atoms with van der Waals surface area (Å²) in [6.07, 6.45) is 0.789. The molecule has 1 amide bonds. The molecule has 25 heavy (non-hydrogen) atoms. The largest absolute Gasteiger partial charge is 0.455 e. The predicted molar refractivity (Wildman–Crippen MR) is 101 cm³/mol. The molecule has 2 aromatic heterocycles. The summed E-state index contributed by atoms with van der Waals surface area (Å²) in [5.74, 6) is 0.690. The average molecular weight is 394 g/mol. The van der Waals surface area contributed by atoms with Crippen LogP contribution in [0.4, 0.5) is 0 Å². The topological polar surface area (TPSA) is 59.3 Å². The summed E-state index contributed by atoms with van der Waals surface area (Å²) in [7, 11) is -1.25. The second-order valence-electron chi connectivity index (χ2n) is 5.30. The Labute approximate surface area is 157 Å². The van der Waals surface area contributed by atoms with Crippen LogP contribution in [0.25, 0.3) is 0 Å². The number of hydrogen-bond acceptors (Lipinski definition) is 4. The molecule has 0 saturated heterocycles. The number of carbonyl (C=O) groups is 1. The molecule has 0 bridgehead atoms. The Balaban J connectivity index is 1.53. The van der Waals surface area contributed by atoms with E-state index < -0.39 is 10.8 Å². The van der Waals surface area contributed by atoms with Gasteiger partial charge in [-0.25, -0.2) is 0 Å². The zero-order chi connectivity index (χ0) is 17.6. The molecule has 1 aromatic carbocycles. The number of furan rings is 1. The van der Waals surface area contributed by atoms with E-state index in [1.54, 1.807) is 47.7 Å². The molecular formula is C18H16ClNO3S2. The molecule has 130 valence electrons. The van der Waals surface area contributed by atoms with Crippen LogP contribution in [0, 0.1) is 0 Å². The number of hydrogen-bond donors (Lipinski definition) is 1. The van der Waals surface area contributed by atoms with Crippen molar-refractivity contribution in [3.63, 3.8) is 0 Å². The van der Waals surface area contributed by atoms with Crippen LogP contribution < -0.4 is 5.32 Å². The van der Waals surface area contributed by atoms with Crippen molar-refractivity contribution in [1.29, 1.82) is 0 Å². The van der Waals surface area contributed by atoms with Gasteiger partial charge in [0.05, 0.1) is 16.6 Å². The van der Waals surface area contributed by atoms with Gasteiger partial charge in [-0.1, -0.05) is 17.7 Å². The monoisotopic (exact) mass is 393 g/mol. The lowest BCUT2D eigenvalue weighted by atomic mass is 10.3. The van der Waals surface area contributed by atoms with Gasteiger partial charge in [-0.05, 0) is 54.3 Å². The van der Waals surface area contributed by atoms with Crippen molar-refractivity contribution >= 4 is 39.6 Å². The molecule has 3 rings (SSSR count). The minimum absolute atomic E-state index is 0.212. The molecule has 3 aromatic rings. The molecule has 1 atom stereocenters. The number of thiophene rings is 1. The molecule has 0 saturated carbocycles. The van der Waals surface area contributed by atoms with Gasteiger partial charge in [0.25, 0.3) is 5.91 Å². The van der Waals surface area contributed by atoms with E-state index in [1.807, 2.05) is 17.5 Å². The number of nitrogens with one attached hydrogen (secondary N) is 1. The van der Waals surface area contributed by atoms with Crippen LogP contribution in [0.5, 0.6) is 0 Å². The molecule has 2 heterocycles. The van der Waals surface area contributed by atoms with Crippen LogP contribution in [0.15, 0.2) is 63.2 Å². The lowest BCUT2D eigenvalue weighted by Crippen LogP contribution is -2.25. The van der Waals surface area contributed by atoms with Crippen LogP contribution >= 0.6 is 22.9 Å². The molecule has 1 unspecified atom stereocenters. The maximum atomic E-state index is 12.3. The van der Waals surface area contributed by atoms with E-state index >= 15 is 0 Å². The van der Waals surface area contributed by atoms with Crippen molar-refractivity contribution in [1.82, 2.24) is 5.32 Å². The summed E-state index contributed by atoms with van der Waals surface area (Å²) in [6, 6.07) is 14.2. The van der Waals surface area contributed by atoms with Gasteiger partial charge in [0.2, 0.25) is 0 Å². The Morgan fingerprint density at radius 3 is 2.68 bits per heavy atom. The fourth-order valence-corrected chi connectivity index (χ4v) is 4.07. The maximum absolute atomic E-state index is 12.3. The third kappa shape index (κ3) is 5.04. The predicted octanol–water partition coefficient (Wildman–Crippen LogP) is 4.27. The fraction of sp³-hybridized carbons (Fsp3) is 0.167. The van der Waals surface area contributed by atoms with Crippen molar-refractivity contribution in [2.45, 2.75) is 17.1 Å². The molecule has 0 aliphatic rings. The van der Waals surface area contributed by atoms with E-state index in [9.17, 15) is 9.00 Å². The van der Waals surface area contributed by atoms with E-state index in [0.29, 0.717) is 22.2 Å². The van der Waals surface area contributed by atoms with Crippen LogP contribution in [0.2, 0.25) is 5.02 Å². The van der Waals surface area contributed by atoms with E-state index in [-0.39, 0.29) is 17.4 Å². The minimum atomic E-state index is -1.25. The highest BCUT2D eigenvalue weighted by Gasteiger charge is 2.13. The van der Waals surface area contributed by atoms with E-state index in [4.69, 9.17) is 16.0 Å². The van der Waals surface area contributed by atoms with Crippen molar-refractivity contribution in [2.24, 2.45) is 0 Å². The Kier molecular flexibility index (Phi) is 6.07. The first-order chi connectivity index (χ1) is 12.1. The molecule has 1 N–H and O–H groups in total. The van der Waals surface area contributed by atoms with E-state index in [0.717, 1.165) is 6.42 Å². The smallest absolute Gasteiger partial charge is 0.287 e. The van der Waals surface area contributed by atoms with Gasteiger partial charge in [-0.15, -0.1) is 11.3 Å². The van der Waals surface area contributed by atoms with Crippen molar-refractivity contribution < 1.29 is 13.4 Å². The van der Waals surface area contributed by atoms with E-state index in [1.165, 1.54) is 4.88 Å². The quantitative estimate of drug-likeness (QED) is 0.651. The lowest BCUT2D eigenvalue weighted by molar-refractivity contribution is 0.0925. The van der Waals surface area contributed by atoms with Crippen LogP contribution in [-0.4, -0.2) is 16.7 Å². The molecular weight excluding hydrogens is 378 g/mol. The highest BCUT2D eigenvalue weighted by Crippen LogP contribution is 2.17. The zero-order valence-electron chi connectivity index (χ0n) is 13.2. The summed E-state index contributed by atoms with van der Waals surface area (Å²) in [6.45, 7) is 0.548. The Morgan fingerprint density at radius 2 is 1.96 bits per heavy atom. The summed E-state index contributed by atoms with van der Waals surface area (Å²) < 4.78 is 17.8. The Morgan fingerprint density at radius 1 is 1.16 bits per heavy atom. The Bertz CT molecular complexity index is 857. The van der Waals surface area contributed by atoms with Gasteiger partial charge in [0.15, 0.2) is 5.76 Å². The Hall–Kier alpha value is -1.89. The highest BCUT2D eigenvalue weighted by molar-refractivity contribution is 7.84. The summed E-state index contributed by atoms with van der Waals surface area (Å²) in [4.78, 5) is 14.0. The summed E-state index contributed by atoms with van der Waals surface area (Å²) in [5, 5.41) is 5.43. The van der Waals surface area contributed by atoms with Gasteiger partial charge in [-0.3, -0.25) is 9.00 Å². The first-order valence-electron chi connectivity index (χ1n) is 7.65. The number of benzene rings is 1. The first-order valence-corrected chi connectivity index (χ1v) is 10.2. The van der Waals surface area contributed by atoms with Crippen molar-refractivity contribution in [2.75, 3.05) is 6.54 Å². The SMILES string of the molecule is O=C(NCCc1cccs1)c1ccc(CS(=O)c2ccc(Cl)cc2)o1. The highest BCUT2D eigenvalue weighted by atomic mass is 35.5. The minimum Gasteiger partial charge on any atom is -0.455 e. The third-order valence-corrected chi connectivity index (χ3v) is 6.01. The van der Waals surface area contributed by atoms with Crippen molar-refractivity contribution in [3.8, 4) is 0 Å². The third-order valence-electron chi connectivity index (χ3n) is 3.47. The fourth-order valence-electron chi connectivity index (χ4n) is 2.22.